The molecule has 1 aliphatic heterocycles. The van der Waals surface area contributed by atoms with Crippen molar-refractivity contribution in [2.45, 2.75) is 51.7 Å². The Kier molecular flexibility index (Phi) is 5.56. The SMILES string of the molecule is Cc1ccc(CNC(=O)NC[C@H]2CC[C@@H](O)C2)c(N2CCCC2)n1. The molecule has 2 aliphatic rings. The Bertz CT molecular complexity index is 572. The maximum atomic E-state index is 12.0. The summed E-state index contributed by atoms with van der Waals surface area (Å²) < 4.78 is 0. The molecule has 2 amide bonds. The molecule has 1 saturated heterocycles. The summed E-state index contributed by atoms with van der Waals surface area (Å²) in [5.74, 6) is 1.40. The standard InChI is InChI=1S/C18H28N4O2/c1-13-4-6-15(17(21-13)22-8-2-3-9-22)12-20-18(24)19-11-14-5-7-16(23)10-14/h4,6,14,16,23H,2-3,5,7-12H2,1H3,(H2,19,20,24)/t14-,16+/m0/s1. The topological polar surface area (TPSA) is 77.5 Å². The van der Waals surface area contributed by atoms with E-state index < -0.39 is 0 Å². The number of amides is 2. The third kappa shape index (κ3) is 4.38. The first-order chi connectivity index (χ1) is 11.6. The fraction of sp³-hybridized carbons (Fsp3) is 0.667. The van der Waals surface area contributed by atoms with E-state index in [9.17, 15) is 9.90 Å². The van der Waals surface area contributed by atoms with Crippen molar-refractivity contribution in [1.29, 1.82) is 0 Å². The highest BCUT2D eigenvalue weighted by molar-refractivity contribution is 5.74. The van der Waals surface area contributed by atoms with Gasteiger partial charge in [-0.1, -0.05) is 6.07 Å². The number of rotatable bonds is 5. The number of carbonyl (C=O) groups is 1. The van der Waals surface area contributed by atoms with Crippen molar-refractivity contribution >= 4 is 11.8 Å². The van der Waals surface area contributed by atoms with Crippen LogP contribution in [0.4, 0.5) is 10.6 Å². The van der Waals surface area contributed by atoms with Crippen molar-refractivity contribution in [3.05, 3.63) is 23.4 Å². The monoisotopic (exact) mass is 332 g/mol. The van der Waals surface area contributed by atoms with E-state index in [-0.39, 0.29) is 12.1 Å². The molecule has 6 nitrogen and oxygen atoms in total. The minimum Gasteiger partial charge on any atom is -0.393 e. The number of carbonyl (C=O) groups excluding carboxylic acids is 1. The first-order valence-electron chi connectivity index (χ1n) is 9.03. The van der Waals surface area contributed by atoms with Crippen LogP contribution in [0, 0.1) is 12.8 Å². The Balaban J connectivity index is 1.51. The second-order valence-corrected chi connectivity index (χ2v) is 7.03. The largest absolute Gasteiger partial charge is 0.393 e. The van der Waals surface area contributed by atoms with E-state index in [1.807, 2.05) is 13.0 Å². The van der Waals surface area contributed by atoms with Crippen molar-refractivity contribution in [3.63, 3.8) is 0 Å². The van der Waals surface area contributed by atoms with Crippen LogP contribution in [-0.2, 0) is 6.54 Å². The van der Waals surface area contributed by atoms with Crippen molar-refractivity contribution < 1.29 is 9.90 Å². The molecule has 1 saturated carbocycles. The van der Waals surface area contributed by atoms with Crippen LogP contribution < -0.4 is 15.5 Å². The molecular formula is C18H28N4O2. The Morgan fingerprint density at radius 1 is 1.29 bits per heavy atom. The zero-order valence-electron chi connectivity index (χ0n) is 14.4. The van der Waals surface area contributed by atoms with Gasteiger partial charge in [-0.2, -0.15) is 0 Å². The highest BCUT2D eigenvalue weighted by Crippen LogP contribution is 2.25. The van der Waals surface area contributed by atoms with Crippen molar-refractivity contribution in [2.75, 3.05) is 24.5 Å². The molecule has 0 aromatic carbocycles. The molecule has 0 unspecified atom stereocenters. The first kappa shape index (κ1) is 17.0. The number of aryl methyl sites for hydroxylation is 1. The van der Waals surface area contributed by atoms with E-state index in [0.717, 1.165) is 49.4 Å². The molecule has 0 spiro atoms. The Morgan fingerprint density at radius 2 is 2.08 bits per heavy atom. The van der Waals surface area contributed by atoms with Crippen molar-refractivity contribution in [3.8, 4) is 0 Å². The van der Waals surface area contributed by atoms with E-state index in [1.165, 1.54) is 12.8 Å². The van der Waals surface area contributed by atoms with Crippen molar-refractivity contribution in [2.24, 2.45) is 5.92 Å². The maximum absolute atomic E-state index is 12.0. The second kappa shape index (κ2) is 7.83. The van der Waals surface area contributed by atoms with Gasteiger partial charge in [-0.05, 0) is 51.0 Å². The Hall–Kier alpha value is -1.82. The van der Waals surface area contributed by atoms with Crippen LogP contribution in [0.25, 0.3) is 0 Å². The molecular weight excluding hydrogens is 304 g/mol. The Morgan fingerprint density at radius 3 is 2.79 bits per heavy atom. The van der Waals surface area contributed by atoms with Crippen LogP contribution in [0.5, 0.6) is 0 Å². The summed E-state index contributed by atoms with van der Waals surface area (Å²) >= 11 is 0. The summed E-state index contributed by atoms with van der Waals surface area (Å²) in [4.78, 5) is 19.0. The van der Waals surface area contributed by atoms with Gasteiger partial charge in [0.2, 0.25) is 0 Å². The summed E-state index contributed by atoms with van der Waals surface area (Å²) in [7, 11) is 0. The fourth-order valence-corrected chi connectivity index (χ4v) is 3.62. The van der Waals surface area contributed by atoms with E-state index in [0.29, 0.717) is 19.0 Å². The summed E-state index contributed by atoms with van der Waals surface area (Å²) in [5.41, 5.74) is 2.07. The molecule has 0 bridgehead atoms. The zero-order valence-corrected chi connectivity index (χ0v) is 14.4. The zero-order chi connectivity index (χ0) is 16.9. The number of aliphatic hydroxyl groups is 1. The van der Waals surface area contributed by atoms with Gasteiger partial charge in [0.05, 0.1) is 6.10 Å². The van der Waals surface area contributed by atoms with Gasteiger partial charge in [0.25, 0.3) is 0 Å². The quantitative estimate of drug-likeness (QED) is 0.770. The minimum absolute atomic E-state index is 0.149. The molecule has 3 N–H and O–H groups in total. The number of hydrogen-bond acceptors (Lipinski definition) is 4. The average Bonchev–Trinajstić information content (AvgIpc) is 3.23. The number of nitrogens with one attached hydrogen (secondary N) is 2. The number of aromatic nitrogens is 1. The number of anilines is 1. The lowest BCUT2D eigenvalue weighted by atomic mass is 10.1. The lowest BCUT2D eigenvalue weighted by Gasteiger charge is -2.21. The molecule has 0 radical (unpaired) electrons. The maximum Gasteiger partial charge on any atom is 0.315 e. The van der Waals surface area contributed by atoms with Gasteiger partial charge in [-0.25, -0.2) is 9.78 Å². The van der Waals surface area contributed by atoms with E-state index in [1.54, 1.807) is 0 Å². The summed E-state index contributed by atoms with van der Waals surface area (Å²) in [6.07, 6.45) is 4.85. The molecule has 3 rings (SSSR count). The van der Waals surface area contributed by atoms with E-state index in [2.05, 4.69) is 26.6 Å². The van der Waals surface area contributed by atoms with E-state index >= 15 is 0 Å². The third-order valence-electron chi connectivity index (χ3n) is 5.01. The highest BCUT2D eigenvalue weighted by atomic mass is 16.3. The number of hydrogen-bond donors (Lipinski definition) is 3. The first-order valence-corrected chi connectivity index (χ1v) is 9.03. The second-order valence-electron chi connectivity index (χ2n) is 7.03. The number of pyridine rings is 1. The molecule has 6 heteroatoms. The highest BCUT2D eigenvalue weighted by Gasteiger charge is 2.23. The molecule has 1 aliphatic carbocycles. The molecule has 24 heavy (non-hydrogen) atoms. The Labute approximate surface area is 143 Å². The van der Waals surface area contributed by atoms with Gasteiger partial charge >= 0.3 is 6.03 Å². The summed E-state index contributed by atoms with van der Waals surface area (Å²) in [6, 6.07) is 3.90. The number of nitrogens with zero attached hydrogens (tertiary/aromatic N) is 2. The number of urea groups is 1. The van der Waals surface area contributed by atoms with Crippen LogP contribution in [-0.4, -0.2) is 41.9 Å². The van der Waals surface area contributed by atoms with Crippen LogP contribution in [0.3, 0.4) is 0 Å². The van der Waals surface area contributed by atoms with Gasteiger partial charge in [0.1, 0.15) is 5.82 Å². The summed E-state index contributed by atoms with van der Waals surface area (Å²) in [5, 5.41) is 15.4. The molecule has 2 atom stereocenters. The van der Waals surface area contributed by atoms with Gasteiger partial charge in [-0.3, -0.25) is 0 Å². The van der Waals surface area contributed by atoms with Crippen molar-refractivity contribution in [1.82, 2.24) is 15.6 Å². The third-order valence-corrected chi connectivity index (χ3v) is 5.01. The van der Waals surface area contributed by atoms with Gasteiger partial charge in [0, 0.05) is 37.4 Å². The number of aliphatic hydroxyl groups excluding tert-OH is 1. The van der Waals surface area contributed by atoms with Crippen LogP contribution >= 0.6 is 0 Å². The van der Waals surface area contributed by atoms with Gasteiger partial charge in [0.15, 0.2) is 0 Å². The summed E-state index contributed by atoms with van der Waals surface area (Å²) in [6.45, 7) is 5.20. The fourth-order valence-electron chi connectivity index (χ4n) is 3.62. The van der Waals surface area contributed by atoms with Crippen LogP contribution in [0.1, 0.15) is 43.4 Å². The molecule has 132 valence electrons. The van der Waals surface area contributed by atoms with Crippen LogP contribution in [0.15, 0.2) is 12.1 Å². The predicted molar refractivity (Wildman–Crippen MR) is 94.0 cm³/mol. The molecule has 2 heterocycles. The lowest BCUT2D eigenvalue weighted by Crippen LogP contribution is -2.38. The smallest absolute Gasteiger partial charge is 0.315 e. The average molecular weight is 332 g/mol. The lowest BCUT2D eigenvalue weighted by molar-refractivity contribution is 0.177. The predicted octanol–water partition coefficient (Wildman–Crippen LogP) is 1.95. The van der Waals surface area contributed by atoms with Gasteiger partial charge < -0.3 is 20.6 Å². The van der Waals surface area contributed by atoms with Crippen LogP contribution in [0.2, 0.25) is 0 Å². The molecule has 2 fully saturated rings. The van der Waals surface area contributed by atoms with Gasteiger partial charge in [-0.15, -0.1) is 0 Å². The molecule has 1 aromatic heterocycles. The van der Waals surface area contributed by atoms with E-state index in [4.69, 9.17) is 0 Å². The minimum atomic E-state index is -0.193. The molecule has 1 aromatic rings. The normalized spacial score (nSPS) is 23.5.